The van der Waals surface area contributed by atoms with E-state index in [2.05, 4.69) is 30.6 Å². The van der Waals surface area contributed by atoms with Crippen LogP contribution in [-0.4, -0.2) is 36.3 Å². The van der Waals surface area contributed by atoms with E-state index in [-0.39, 0.29) is 18.2 Å². The average Bonchev–Trinajstić information content (AvgIpc) is 3.31. The molecule has 0 bridgehead atoms. The van der Waals surface area contributed by atoms with Crippen molar-refractivity contribution in [1.29, 1.82) is 0 Å². The summed E-state index contributed by atoms with van der Waals surface area (Å²) in [6.45, 7) is 6.34. The summed E-state index contributed by atoms with van der Waals surface area (Å²) in [4.78, 5) is 39.5. The summed E-state index contributed by atoms with van der Waals surface area (Å²) in [6.07, 6.45) is 5.16. The average molecular weight is 383 g/mol. The Balaban J connectivity index is 1.67. The molecule has 3 aromatic rings. The lowest BCUT2D eigenvalue weighted by Gasteiger charge is -2.10. The minimum absolute atomic E-state index is 0.109. The fraction of sp³-hybridized carbons (Fsp3) is 0.368. The second-order valence-electron chi connectivity index (χ2n) is 6.83. The number of aryl methyl sites for hydroxylation is 4. The molecule has 0 fully saturated rings. The zero-order chi connectivity index (χ0) is 20.3. The SMILES string of the molecule is Cc1cn(C)c(CC(=O)NCc2nc[nH]c2C)c1C(=O)NCc1nc[nH]c1C. The van der Waals surface area contributed by atoms with Crippen LogP contribution in [0, 0.1) is 20.8 Å². The molecular weight excluding hydrogens is 358 g/mol. The van der Waals surface area contributed by atoms with Gasteiger partial charge in [0, 0.05) is 30.3 Å². The first-order valence-corrected chi connectivity index (χ1v) is 9.04. The number of hydrogen-bond donors (Lipinski definition) is 4. The number of rotatable bonds is 7. The predicted octanol–water partition coefficient (Wildman–Crippen LogP) is 1.19. The second kappa shape index (κ2) is 8.12. The highest BCUT2D eigenvalue weighted by Gasteiger charge is 2.21. The Morgan fingerprint density at radius 2 is 1.57 bits per heavy atom. The topological polar surface area (TPSA) is 120 Å². The maximum Gasteiger partial charge on any atom is 0.253 e. The number of aromatic nitrogens is 5. The van der Waals surface area contributed by atoms with Crippen LogP contribution in [0.2, 0.25) is 0 Å². The summed E-state index contributed by atoms with van der Waals surface area (Å²) in [7, 11) is 1.84. The lowest BCUT2D eigenvalue weighted by Crippen LogP contribution is -2.29. The Hall–Kier alpha value is -3.36. The predicted molar refractivity (Wildman–Crippen MR) is 104 cm³/mol. The van der Waals surface area contributed by atoms with Gasteiger partial charge in [-0.05, 0) is 26.3 Å². The molecule has 0 spiro atoms. The quantitative estimate of drug-likeness (QED) is 0.490. The lowest BCUT2D eigenvalue weighted by atomic mass is 10.1. The molecule has 2 amide bonds. The van der Waals surface area contributed by atoms with E-state index in [4.69, 9.17) is 0 Å². The van der Waals surface area contributed by atoms with E-state index in [1.165, 1.54) is 0 Å². The molecule has 9 heteroatoms. The maximum atomic E-state index is 12.8. The van der Waals surface area contributed by atoms with Gasteiger partial charge < -0.3 is 25.2 Å². The van der Waals surface area contributed by atoms with Crippen molar-refractivity contribution in [2.75, 3.05) is 0 Å². The van der Waals surface area contributed by atoms with Crippen LogP contribution in [0.3, 0.4) is 0 Å². The van der Waals surface area contributed by atoms with Crippen molar-refractivity contribution >= 4 is 11.8 Å². The third-order valence-corrected chi connectivity index (χ3v) is 4.79. The van der Waals surface area contributed by atoms with Crippen molar-refractivity contribution in [3.05, 3.63) is 58.4 Å². The molecule has 3 aromatic heterocycles. The van der Waals surface area contributed by atoms with E-state index >= 15 is 0 Å². The molecule has 9 nitrogen and oxygen atoms in total. The summed E-state index contributed by atoms with van der Waals surface area (Å²) >= 11 is 0. The van der Waals surface area contributed by atoms with Gasteiger partial charge in [0.15, 0.2) is 0 Å². The minimum Gasteiger partial charge on any atom is -0.353 e. The number of aromatic amines is 2. The zero-order valence-corrected chi connectivity index (χ0v) is 16.5. The summed E-state index contributed by atoms with van der Waals surface area (Å²) in [5.74, 6) is -0.382. The van der Waals surface area contributed by atoms with Crippen molar-refractivity contribution < 1.29 is 9.59 Å². The third-order valence-electron chi connectivity index (χ3n) is 4.79. The van der Waals surface area contributed by atoms with Gasteiger partial charge in [-0.3, -0.25) is 9.59 Å². The monoisotopic (exact) mass is 383 g/mol. The fourth-order valence-electron chi connectivity index (χ4n) is 3.14. The number of imidazole rings is 2. The van der Waals surface area contributed by atoms with Crippen LogP contribution in [-0.2, 0) is 31.4 Å². The smallest absolute Gasteiger partial charge is 0.253 e. The summed E-state index contributed by atoms with van der Waals surface area (Å²) in [6, 6.07) is 0. The number of hydrogen-bond acceptors (Lipinski definition) is 4. The van der Waals surface area contributed by atoms with E-state index in [9.17, 15) is 9.59 Å². The van der Waals surface area contributed by atoms with Gasteiger partial charge in [0.25, 0.3) is 5.91 Å². The van der Waals surface area contributed by atoms with Crippen molar-refractivity contribution in [2.45, 2.75) is 40.3 Å². The second-order valence-corrected chi connectivity index (χ2v) is 6.83. The van der Waals surface area contributed by atoms with E-state index in [1.807, 2.05) is 38.6 Å². The Morgan fingerprint density at radius 3 is 2.11 bits per heavy atom. The number of nitrogens with one attached hydrogen (secondary N) is 4. The van der Waals surface area contributed by atoms with Crippen molar-refractivity contribution in [2.24, 2.45) is 7.05 Å². The lowest BCUT2D eigenvalue weighted by molar-refractivity contribution is -0.120. The van der Waals surface area contributed by atoms with E-state index in [0.29, 0.717) is 24.3 Å². The number of H-pyrrole nitrogens is 2. The van der Waals surface area contributed by atoms with Gasteiger partial charge in [-0.15, -0.1) is 0 Å². The highest BCUT2D eigenvalue weighted by Crippen LogP contribution is 2.17. The first-order valence-electron chi connectivity index (χ1n) is 9.04. The molecule has 0 aliphatic carbocycles. The Labute approximate surface area is 163 Å². The van der Waals surface area contributed by atoms with Crippen LogP contribution < -0.4 is 10.6 Å². The van der Waals surface area contributed by atoms with E-state index in [0.717, 1.165) is 28.3 Å². The molecule has 3 heterocycles. The van der Waals surface area contributed by atoms with Crippen molar-refractivity contribution in [1.82, 2.24) is 35.1 Å². The molecule has 0 radical (unpaired) electrons. The fourth-order valence-corrected chi connectivity index (χ4v) is 3.14. The Morgan fingerprint density at radius 1 is 1.00 bits per heavy atom. The van der Waals surface area contributed by atoms with Crippen LogP contribution in [0.25, 0.3) is 0 Å². The van der Waals surface area contributed by atoms with Crippen LogP contribution in [0.5, 0.6) is 0 Å². The van der Waals surface area contributed by atoms with E-state index in [1.54, 1.807) is 12.7 Å². The molecule has 0 saturated heterocycles. The minimum atomic E-state index is -0.216. The number of carbonyl (C=O) groups excluding carboxylic acids is 2. The van der Waals surface area contributed by atoms with Crippen LogP contribution >= 0.6 is 0 Å². The molecule has 0 atom stereocenters. The summed E-state index contributed by atoms with van der Waals surface area (Å²) < 4.78 is 1.82. The van der Waals surface area contributed by atoms with Gasteiger partial charge >= 0.3 is 0 Å². The van der Waals surface area contributed by atoms with Gasteiger partial charge in [-0.1, -0.05) is 0 Å². The molecule has 0 aliphatic rings. The van der Waals surface area contributed by atoms with Crippen LogP contribution in [0.1, 0.15) is 44.4 Å². The van der Waals surface area contributed by atoms with Crippen molar-refractivity contribution in [3.63, 3.8) is 0 Å². The normalized spacial score (nSPS) is 10.9. The zero-order valence-electron chi connectivity index (χ0n) is 16.5. The van der Waals surface area contributed by atoms with Gasteiger partial charge in [0.2, 0.25) is 5.91 Å². The molecule has 148 valence electrons. The van der Waals surface area contributed by atoms with Gasteiger partial charge in [0.05, 0.1) is 49.1 Å². The maximum absolute atomic E-state index is 12.8. The number of nitrogens with zero attached hydrogens (tertiary/aromatic N) is 3. The van der Waals surface area contributed by atoms with Gasteiger partial charge in [-0.25, -0.2) is 9.97 Å². The van der Waals surface area contributed by atoms with Gasteiger partial charge in [0.1, 0.15) is 0 Å². The van der Waals surface area contributed by atoms with Crippen LogP contribution in [0.4, 0.5) is 0 Å². The first kappa shape index (κ1) is 19.4. The Kier molecular flexibility index (Phi) is 5.62. The molecule has 0 unspecified atom stereocenters. The molecule has 4 N–H and O–H groups in total. The van der Waals surface area contributed by atoms with E-state index < -0.39 is 0 Å². The number of carbonyl (C=O) groups is 2. The summed E-state index contributed by atoms with van der Waals surface area (Å²) in [5.41, 5.74) is 5.44. The highest BCUT2D eigenvalue weighted by atomic mass is 16.2. The highest BCUT2D eigenvalue weighted by molar-refractivity contribution is 5.98. The molecule has 28 heavy (non-hydrogen) atoms. The van der Waals surface area contributed by atoms with Gasteiger partial charge in [-0.2, -0.15) is 0 Å². The molecule has 0 saturated carbocycles. The van der Waals surface area contributed by atoms with Crippen molar-refractivity contribution in [3.8, 4) is 0 Å². The third kappa shape index (κ3) is 4.13. The largest absolute Gasteiger partial charge is 0.353 e. The number of amides is 2. The first-order chi connectivity index (χ1) is 13.4. The summed E-state index contributed by atoms with van der Waals surface area (Å²) in [5, 5.41) is 5.75. The molecule has 3 rings (SSSR count). The molecular formula is C19H25N7O2. The molecule has 0 aliphatic heterocycles. The standard InChI is InChI=1S/C19H25N7O2/c1-11-8-26(4)16(5-17(27)20-6-14-12(2)22-9-24-14)18(11)19(28)21-7-15-13(3)23-10-25-15/h8-10H,5-7H2,1-4H3,(H,20,27)(H,21,28)(H,22,24)(H,23,25). The van der Waals surface area contributed by atoms with Crippen LogP contribution in [0.15, 0.2) is 18.9 Å². The molecule has 0 aromatic carbocycles. The Bertz CT molecular complexity index is 996.